The molecule has 0 atom stereocenters. The van der Waals surface area contributed by atoms with Crippen molar-refractivity contribution in [2.24, 2.45) is 12.8 Å². The zero-order valence-electron chi connectivity index (χ0n) is 10.1. The van der Waals surface area contributed by atoms with E-state index in [1.807, 2.05) is 0 Å². The monoisotopic (exact) mass is 348 g/mol. The molecule has 0 radical (unpaired) electrons. The number of aromatic nitrogens is 2. The molecule has 0 bridgehead atoms. The molecule has 0 fully saturated rings. The van der Waals surface area contributed by atoms with E-state index in [1.165, 1.54) is 6.07 Å². The van der Waals surface area contributed by atoms with Crippen LogP contribution < -0.4 is 10.5 Å². The standard InChI is InChI=1S/C10H13BrN4O3S/c1-15-3-2-7(14-15)6-13-19(16,17)9-4-8(5-12)18-10(9)11/h2-4,13H,5-6,12H2,1H3. The van der Waals surface area contributed by atoms with Crippen LogP contribution in [-0.4, -0.2) is 18.2 Å². The number of nitrogens with zero attached hydrogens (tertiary/aromatic N) is 2. The topological polar surface area (TPSA) is 103 Å². The molecule has 9 heteroatoms. The highest BCUT2D eigenvalue weighted by atomic mass is 79.9. The lowest BCUT2D eigenvalue weighted by molar-refractivity contribution is 0.483. The number of sulfonamides is 1. The van der Waals surface area contributed by atoms with E-state index >= 15 is 0 Å². The van der Waals surface area contributed by atoms with Crippen molar-refractivity contribution in [2.75, 3.05) is 0 Å². The Labute approximate surface area is 119 Å². The smallest absolute Gasteiger partial charge is 0.245 e. The molecule has 2 aromatic heterocycles. The van der Waals surface area contributed by atoms with Gasteiger partial charge in [0.1, 0.15) is 10.7 Å². The average molecular weight is 349 g/mol. The van der Waals surface area contributed by atoms with E-state index < -0.39 is 10.0 Å². The summed E-state index contributed by atoms with van der Waals surface area (Å²) in [5, 5.41) is 4.09. The molecule has 0 saturated carbocycles. The summed E-state index contributed by atoms with van der Waals surface area (Å²) < 4.78 is 33.5. The largest absolute Gasteiger partial charge is 0.452 e. The van der Waals surface area contributed by atoms with Gasteiger partial charge in [-0.25, -0.2) is 13.1 Å². The predicted octanol–water partition coefficient (Wildman–Crippen LogP) is 0.713. The highest BCUT2D eigenvalue weighted by molar-refractivity contribution is 9.10. The van der Waals surface area contributed by atoms with Gasteiger partial charge in [0.15, 0.2) is 4.67 Å². The molecule has 0 spiro atoms. The van der Waals surface area contributed by atoms with Gasteiger partial charge in [0.2, 0.25) is 10.0 Å². The molecule has 0 saturated heterocycles. The Morgan fingerprint density at radius 3 is 2.84 bits per heavy atom. The maximum atomic E-state index is 12.1. The van der Waals surface area contributed by atoms with Gasteiger partial charge >= 0.3 is 0 Å². The van der Waals surface area contributed by atoms with Crippen LogP contribution >= 0.6 is 15.9 Å². The summed E-state index contributed by atoms with van der Waals surface area (Å²) in [5.74, 6) is 0.394. The first-order valence-corrected chi connectivity index (χ1v) is 7.66. The van der Waals surface area contributed by atoms with Crippen molar-refractivity contribution in [3.63, 3.8) is 0 Å². The molecule has 2 aromatic rings. The van der Waals surface area contributed by atoms with Crippen molar-refractivity contribution in [1.29, 1.82) is 0 Å². The van der Waals surface area contributed by atoms with Gasteiger partial charge in [-0.2, -0.15) is 5.10 Å². The molecule has 0 unspecified atom stereocenters. The number of rotatable bonds is 5. The van der Waals surface area contributed by atoms with Crippen LogP contribution in [0.25, 0.3) is 0 Å². The van der Waals surface area contributed by atoms with E-state index in [0.29, 0.717) is 11.5 Å². The van der Waals surface area contributed by atoms with Crippen LogP contribution in [0.2, 0.25) is 0 Å². The second kappa shape index (κ2) is 5.45. The molecule has 3 N–H and O–H groups in total. The van der Waals surface area contributed by atoms with Gasteiger partial charge in [-0.3, -0.25) is 4.68 Å². The second-order valence-corrected chi connectivity index (χ2v) is 6.32. The Balaban J connectivity index is 2.15. The van der Waals surface area contributed by atoms with Crippen LogP contribution in [0.1, 0.15) is 11.5 Å². The zero-order valence-corrected chi connectivity index (χ0v) is 12.5. The first kappa shape index (κ1) is 14.3. The van der Waals surface area contributed by atoms with Crippen LogP contribution in [0.15, 0.2) is 32.3 Å². The van der Waals surface area contributed by atoms with Crippen molar-refractivity contribution in [3.8, 4) is 0 Å². The Morgan fingerprint density at radius 2 is 2.32 bits per heavy atom. The van der Waals surface area contributed by atoms with E-state index in [2.05, 4.69) is 25.8 Å². The Kier molecular flexibility index (Phi) is 4.09. The first-order valence-electron chi connectivity index (χ1n) is 5.39. The molecule has 2 heterocycles. The SMILES string of the molecule is Cn1ccc(CNS(=O)(=O)c2cc(CN)oc2Br)n1. The molecule has 104 valence electrons. The lowest BCUT2D eigenvalue weighted by atomic mass is 10.4. The Bertz CT molecular complexity index is 677. The normalized spacial score (nSPS) is 11.9. The summed E-state index contributed by atoms with van der Waals surface area (Å²) in [4.78, 5) is 0.0314. The van der Waals surface area contributed by atoms with Gasteiger partial charge in [0.25, 0.3) is 0 Å². The van der Waals surface area contributed by atoms with Crippen LogP contribution in [0.4, 0.5) is 0 Å². The predicted molar refractivity (Wildman–Crippen MR) is 71.5 cm³/mol. The van der Waals surface area contributed by atoms with Crippen LogP contribution in [0.3, 0.4) is 0 Å². The zero-order chi connectivity index (χ0) is 14.0. The molecule has 2 rings (SSSR count). The number of aryl methyl sites for hydroxylation is 1. The van der Waals surface area contributed by atoms with Crippen molar-refractivity contribution < 1.29 is 12.8 Å². The Morgan fingerprint density at radius 1 is 1.58 bits per heavy atom. The average Bonchev–Trinajstić information content (AvgIpc) is 2.93. The van der Waals surface area contributed by atoms with E-state index in [4.69, 9.17) is 10.2 Å². The minimum atomic E-state index is -3.66. The second-order valence-electron chi connectivity index (χ2n) is 3.86. The van der Waals surface area contributed by atoms with Crippen LogP contribution in [0, 0.1) is 0 Å². The summed E-state index contributed by atoms with van der Waals surface area (Å²) >= 11 is 3.06. The summed E-state index contributed by atoms with van der Waals surface area (Å²) in [5.41, 5.74) is 6.03. The number of halogens is 1. The van der Waals surface area contributed by atoms with Gasteiger partial charge in [-0.05, 0) is 22.0 Å². The number of nitrogens with one attached hydrogen (secondary N) is 1. The van der Waals surface area contributed by atoms with Gasteiger partial charge in [0, 0.05) is 19.3 Å². The molecular formula is C10H13BrN4O3S. The number of hydrogen-bond donors (Lipinski definition) is 2. The fourth-order valence-corrected chi connectivity index (χ4v) is 3.48. The Hall–Kier alpha value is -1.16. The lowest BCUT2D eigenvalue weighted by Crippen LogP contribution is -2.23. The van der Waals surface area contributed by atoms with E-state index in [-0.39, 0.29) is 22.7 Å². The first-order chi connectivity index (χ1) is 8.92. The third-order valence-corrected chi connectivity index (χ3v) is 4.67. The third-order valence-electron chi connectivity index (χ3n) is 2.41. The van der Waals surface area contributed by atoms with E-state index in [1.54, 1.807) is 24.0 Å². The van der Waals surface area contributed by atoms with Crippen LogP contribution in [-0.2, 0) is 30.2 Å². The van der Waals surface area contributed by atoms with E-state index in [0.717, 1.165) is 0 Å². The minimum Gasteiger partial charge on any atom is -0.452 e. The maximum Gasteiger partial charge on any atom is 0.245 e. The molecule has 7 nitrogen and oxygen atoms in total. The summed E-state index contributed by atoms with van der Waals surface area (Å²) in [6, 6.07) is 3.13. The summed E-state index contributed by atoms with van der Waals surface area (Å²) in [6.07, 6.45) is 1.74. The van der Waals surface area contributed by atoms with Crippen molar-refractivity contribution in [2.45, 2.75) is 18.0 Å². The molecule has 0 aromatic carbocycles. The fraction of sp³-hybridized carbons (Fsp3) is 0.300. The highest BCUT2D eigenvalue weighted by Gasteiger charge is 2.22. The molecule has 0 aliphatic rings. The van der Waals surface area contributed by atoms with Crippen molar-refractivity contribution in [3.05, 3.63) is 34.5 Å². The fourth-order valence-electron chi connectivity index (χ4n) is 1.49. The molecule has 0 aliphatic carbocycles. The number of nitrogens with two attached hydrogens (primary N) is 1. The number of furan rings is 1. The quantitative estimate of drug-likeness (QED) is 0.828. The molecule has 19 heavy (non-hydrogen) atoms. The minimum absolute atomic E-state index is 0.0314. The van der Waals surface area contributed by atoms with Crippen molar-refractivity contribution >= 4 is 26.0 Å². The molecule has 0 amide bonds. The molecular weight excluding hydrogens is 336 g/mol. The lowest BCUT2D eigenvalue weighted by Gasteiger charge is -2.02. The van der Waals surface area contributed by atoms with Gasteiger partial charge in [0.05, 0.1) is 18.8 Å². The van der Waals surface area contributed by atoms with E-state index in [9.17, 15) is 8.42 Å². The summed E-state index contributed by atoms with van der Waals surface area (Å²) in [7, 11) is -1.90. The summed E-state index contributed by atoms with van der Waals surface area (Å²) in [6.45, 7) is 0.243. The van der Waals surface area contributed by atoms with Crippen molar-refractivity contribution in [1.82, 2.24) is 14.5 Å². The highest BCUT2D eigenvalue weighted by Crippen LogP contribution is 2.25. The van der Waals surface area contributed by atoms with Gasteiger partial charge < -0.3 is 10.2 Å². The third kappa shape index (κ3) is 3.24. The van der Waals surface area contributed by atoms with Gasteiger partial charge in [-0.15, -0.1) is 0 Å². The van der Waals surface area contributed by atoms with Crippen LogP contribution in [0.5, 0.6) is 0 Å². The number of hydrogen-bond acceptors (Lipinski definition) is 5. The maximum absolute atomic E-state index is 12.1. The van der Waals surface area contributed by atoms with Gasteiger partial charge in [-0.1, -0.05) is 0 Å². The molecule has 0 aliphatic heterocycles.